The topological polar surface area (TPSA) is 94.7 Å². The fourth-order valence-electron chi connectivity index (χ4n) is 3.89. The fraction of sp³-hybridized carbons (Fsp3) is 0.300. The molecule has 0 spiro atoms. The van der Waals surface area contributed by atoms with Crippen LogP contribution in [0.4, 0.5) is 5.82 Å². The molecular weight excluding hydrogens is 406 g/mol. The summed E-state index contributed by atoms with van der Waals surface area (Å²) in [6.07, 6.45) is 0.849. The van der Waals surface area contributed by atoms with Crippen molar-refractivity contribution in [3.8, 4) is 10.7 Å². The molecule has 4 aromatic rings. The van der Waals surface area contributed by atoms with E-state index in [2.05, 4.69) is 28.7 Å². The molecule has 1 aliphatic rings. The van der Waals surface area contributed by atoms with Crippen LogP contribution < -0.4 is 16.1 Å². The van der Waals surface area contributed by atoms with Gasteiger partial charge in [0.15, 0.2) is 5.82 Å². The molecule has 9 heteroatoms. The molecule has 1 saturated heterocycles. The largest absolute Gasteiger partial charge is 0.355 e. The number of nitrogens with zero attached hydrogens (tertiary/aromatic N) is 3. The van der Waals surface area contributed by atoms with Gasteiger partial charge in [0.1, 0.15) is 10.6 Å². The minimum Gasteiger partial charge on any atom is -0.355 e. The van der Waals surface area contributed by atoms with Gasteiger partial charge in [0.25, 0.3) is 5.56 Å². The zero-order valence-electron chi connectivity index (χ0n) is 16.0. The molecule has 0 bridgehead atoms. The van der Waals surface area contributed by atoms with Crippen LogP contribution >= 0.6 is 22.7 Å². The normalized spacial score (nSPS) is 16.8. The van der Waals surface area contributed by atoms with Gasteiger partial charge < -0.3 is 9.88 Å². The van der Waals surface area contributed by atoms with Gasteiger partial charge >= 0.3 is 5.69 Å². The second-order valence-electron chi connectivity index (χ2n) is 7.29. The number of anilines is 1. The smallest absolute Gasteiger partial charge is 0.325 e. The molecule has 0 aliphatic carbocycles. The van der Waals surface area contributed by atoms with Crippen molar-refractivity contribution in [2.45, 2.75) is 26.2 Å². The summed E-state index contributed by atoms with van der Waals surface area (Å²) >= 11 is 3.33. The molecule has 1 aliphatic heterocycles. The lowest BCUT2D eigenvalue weighted by molar-refractivity contribution is 0.728. The quantitative estimate of drug-likeness (QED) is 0.525. The van der Waals surface area contributed by atoms with Gasteiger partial charge in [0.2, 0.25) is 0 Å². The van der Waals surface area contributed by atoms with E-state index in [0.717, 1.165) is 39.7 Å². The number of aromatic nitrogens is 4. The van der Waals surface area contributed by atoms with Gasteiger partial charge in [-0.15, -0.1) is 22.7 Å². The minimum absolute atomic E-state index is 0.0836. The van der Waals surface area contributed by atoms with E-state index < -0.39 is 5.69 Å². The first-order valence-electron chi connectivity index (χ1n) is 9.39. The van der Waals surface area contributed by atoms with Crippen LogP contribution in [0.5, 0.6) is 0 Å². The molecule has 1 unspecified atom stereocenters. The molecule has 29 heavy (non-hydrogen) atoms. The van der Waals surface area contributed by atoms with Crippen LogP contribution in [0.3, 0.4) is 0 Å². The third-order valence-electron chi connectivity index (χ3n) is 5.46. The monoisotopic (exact) mass is 425 g/mol. The molecule has 0 saturated carbocycles. The summed E-state index contributed by atoms with van der Waals surface area (Å²) < 4.78 is 0. The molecule has 7 nitrogen and oxygen atoms in total. The predicted octanol–water partition coefficient (Wildman–Crippen LogP) is 3.41. The molecule has 0 amide bonds. The molecular formula is C20H19N5O2S2. The zero-order chi connectivity index (χ0) is 20.1. The Labute approximate surface area is 174 Å². The molecule has 5 heterocycles. The average molecular weight is 426 g/mol. The van der Waals surface area contributed by atoms with E-state index in [1.54, 1.807) is 22.7 Å². The number of fused-ring (bicyclic) bond motifs is 1. The van der Waals surface area contributed by atoms with Gasteiger partial charge in [-0.25, -0.2) is 14.8 Å². The predicted molar refractivity (Wildman–Crippen MR) is 117 cm³/mol. The number of hydrogen-bond donors (Lipinski definition) is 2. The summed E-state index contributed by atoms with van der Waals surface area (Å²) in [6.45, 7) is 5.74. The van der Waals surface area contributed by atoms with E-state index in [1.165, 1.54) is 16.5 Å². The Kier molecular flexibility index (Phi) is 4.36. The van der Waals surface area contributed by atoms with Crippen molar-refractivity contribution in [3.63, 3.8) is 0 Å². The third-order valence-corrected chi connectivity index (χ3v) is 7.43. The molecule has 1 fully saturated rings. The van der Waals surface area contributed by atoms with Gasteiger partial charge in [-0.05, 0) is 37.3 Å². The van der Waals surface area contributed by atoms with E-state index in [9.17, 15) is 9.59 Å². The van der Waals surface area contributed by atoms with Crippen LogP contribution in [0.2, 0.25) is 0 Å². The Morgan fingerprint density at radius 3 is 2.83 bits per heavy atom. The van der Waals surface area contributed by atoms with Crippen molar-refractivity contribution in [2.75, 3.05) is 18.0 Å². The number of H-pyrrole nitrogens is 2. The first-order chi connectivity index (χ1) is 14.0. The summed E-state index contributed by atoms with van der Waals surface area (Å²) in [5.41, 5.74) is 1.07. The summed E-state index contributed by atoms with van der Waals surface area (Å²) in [5.74, 6) is 1.77. The van der Waals surface area contributed by atoms with Crippen LogP contribution in [0, 0.1) is 13.8 Å². The van der Waals surface area contributed by atoms with Crippen LogP contribution in [-0.2, 0) is 0 Å². The highest BCUT2D eigenvalue weighted by Crippen LogP contribution is 2.39. The average Bonchev–Trinajstić information content (AvgIpc) is 3.42. The van der Waals surface area contributed by atoms with E-state index in [-0.39, 0.29) is 11.5 Å². The maximum absolute atomic E-state index is 11.7. The third kappa shape index (κ3) is 3.20. The maximum Gasteiger partial charge on any atom is 0.325 e. The Morgan fingerprint density at radius 2 is 2.07 bits per heavy atom. The summed E-state index contributed by atoms with van der Waals surface area (Å²) in [5, 5.41) is 3.13. The first kappa shape index (κ1) is 18.3. The molecule has 5 rings (SSSR count). The van der Waals surface area contributed by atoms with Crippen LogP contribution in [0.1, 0.15) is 28.5 Å². The van der Waals surface area contributed by atoms with E-state index in [1.807, 2.05) is 17.5 Å². The minimum atomic E-state index is -0.459. The fourth-order valence-corrected chi connectivity index (χ4v) is 5.57. The highest BCUT2D eigenvalue weighted by Gasteiger charge is 2.29. The second-order valence-corrected chi connectivity index (χ2v) is 9.44. The number of aryl methyl sites for hydroxylation is 2. The number of nitrogens with one attached hydrogen (secondary N) is 2. The number of rotatable bonds is 3. The van der Waals surface area contributed by atoms with Crippen molar-refractivity contribution in [2.24, 2.45) is 0 Å². The molecule has 0 aromatic carbocycles. The Bertz CT molecular complexity index is 1290. The maximum atomic E-state index is 11.7. The van der Waals surface area contributed by atoms with Crippen molar-refractivity contribution < 1.29 is 0 Å². The summed E-state index contributed by atoms with van der Waals surface area (Å²) in [6, 6.07) is 5.53. The number of thiophene rings is 2. The molecule has 2 N–H and O–H groups in total. The van der Waals surface area contributed by atoms with Gasteiger partial charge in [-0.2, -0.15) is 0 Å². The van der Waals surface area contributed by atoms with Gasteiger partial charge in [-0.1, -0.05) is 6.07 Å². The standard InChI is InChI=1S/C20H19N5O2S2/c1-10-11(2)29-19-16(10)18(23-17(24-19)14-4-3-7-28-14)25-6-5-12(9-25)13-8-15(26)22-20(27)21-13/h3-4,7-8,12H,5-6,9H2,1-2H3,(H2,21,22,26,27). The second kappa shape index (κ2) is 6.93. The lowest BCUT2D eigenvalue weighted by atomic mass is 10.1. The van der Waals surface area contributed by atoms with Gasteiger partial charge in [0.05, 0.1) is 10.3 Å². The van der Waals surface area contributed by atoms with Crippen LogP contribution in [0.15, 0.2) is 33.2 Å². The zero-order valence-corrected chi connectivity index (χ0v) is 17.6. The van der Waals surface area contributed by atoms with Crippen molar-refractivity contribution in [1.29, 1.82) is 0 Å². The van der Waals surface area contributed by atoms with Crippen molar-refractivity contribution in [3.05, 3.63) is 60.6 Å². The Morgan fingerprint density at radius 1 is 1.21 bits per heavy atom. The highest BCUT2D eigenvalue weighted by atomic mass is 32.1. The number of aromatic amines is 2. The van der Waals surface area contributed by atoms with Gasteiger partial charge in [0, 0.05) is 35.6 Å². The van der Waals surface area contributed by atoms with E-state index >= 15 is 0 Å². The summed E-state index contributed by atoms with van der Waals surface area (Å²) in [7, 11) is 0. The first-order valence-corrected chi connectivity index (χ1v) is 11.1. The lowest BCUT2D eigenvalue weighted by Gasteiger charge is -2.19. The Hall–Kier alpha value is -2.78. The highest BCUT2D eigenvalue weighted by molar-refractivity contribution is 7.19. The molecule has 148 valence electrons. The molecule has 1 atom stereocenters. The molecule has 4 aromatic heterocycles. The SMILES string of the molecule is Cc1sc2nc(-c3cccs3)nc(N3CCC(c4cc(=O)[nH]c(=O)[nH]4)C3)c2c1C. The van der Waals surface area contributed by atoms with E-state index in [4.69, 9.17) is 9.97 Å². The van der Waals surface area contributed by atoms with Crippen molar-refractivity contribution >= 4 is 38.7 Å². The van der Waals surface area contributed by atoms with Crippen LogP contribution in [0.25, 0.3) is 20.9 Å². The Balaban J connectivity index is 1.59. The van der Waals surface area contributed by atoms with Crippen molar-refractivity contribution in [1.82, 2.24) is 19.9 Å². The van der Waals surface area contributed by atoms with E-state index in [0.29, 0.717) is 12.2 Å². The van der Waals surface area contributed by atoms with Gasteiger partial charge in [-0.3, -0.25) is 9.78 Å². The van der Waals surface area contributed by atoms with Crippen LogP contribution in [-0.4, -0.2) is 33.0 Å². The lowest BCUT2D eigenvalue weighted by Crippen LogP contribution is -2.26. The molecule has 0 radical (unpaired) electrons. The number of hydrogen-bond acceptors (Lipinski definition) is 7. The summed E-state index contributed by atoms with van der Waals surface area (Å²) in [4.78, 5) is 43.7.